The molecule has 0 radical (unpaired) electrons. The minimum absolute atomic E-state index is 0.221. The summed E-state index contributed by atoms with van der Waals surface area (Å²) >= 11 is 0. The molecular weight excluding hydrogens is 295 g/mol. The summed E-state index contributed by atoms with van der Waals surface area (Å²) in [6.45, 7) is 6.21. The van der Waals surface area contributed by atoms with Crippen molar-refractivity contribution in [1.82, 2.24) is 15.3 Å². The Labute approximate surface area is 135 Å². The van der Waals surface area contributed by atoms with Gasteiger partial charge < -0.3 is 10.6 Å². The van der Waals surface area contributed by atoms with Gasteiger partial charge in [0.2, 0.25) is 0 Å². The van der Waals surface area contributed by atoms with E-state index in [0.29, 0.717) is 30.3 Å². The van der Waals surface area contributed by atoms with Gasteiger partial charge in [0, 0.05) is 18.7 Å². The second-order valence-corrected chi connectivity index (χ2v) is 5.62. The molecule has 1 heterocycles. The quantitative estimate of drug-likeness (QED) is 0.860. The Balaban J connectivity index is 1.94. The number of carbonyl (C=O) groups is 1. The summed E-state index contributed by atoms with van der Waals surface area (Å²) in [5.74, 6) is 0.666. The zero-order chi connectivity index (χ0) is 16.8. The average Bonchev–Trinajstić information content (AvgIpc) is 2.48. The van der Waals surface area contributed by atoms with Gasteiger partial charge in [-0.15, -0.1) is 0 Å². The van der Waals surface area contributed by atoms with Crippen LogP contribution in [0.1, 0.15) is 35.7 Å². The maximum atomic E-state index is 12.8. The van der Waals surface area contributed by atoms with Crippen LogP contribution in [0.2, 0.25) is 0 Å². The SMILES string of the molecule is Cc1nc(NC(C)C)cc(C(=O)NCCc2ccc(F)cc2)n1. The summed E-state index contributed by atoms with van der Waals surface area (Å²) in [5.41, 5.74) is 1.30. The average molecular weight is 316 g/mol. The predicted molar refractivity (Wildman–Crippen MR) is 88.0 cm³/mol. The van der Waals surface area contributed by atoms with E-state index < -0.39 is 0 Å². The highest BCUT2D eigenvalue weighted by atomic mass is 19.1. The zero-order valence-corrected chi connectivity index (χ0v) is 13.6. The maximum absolute atomic E-state index is 12.8. The van der Waals surface area contributed by atoms with Crippen LogP contribution >= 0.6 is 0 Å². The van der Waals surface area contributed by atoms with Crippen LogP contribution in [-0.4, -0.2) is 28.5 Å². The molecule has 2 aromatic rings. The van der Waals surface area contributed by atoms with Gasteiger partial charge in [0.25, 0.3) is 5.91 Å². The summed E-state index contributed by atoms with van der Waals surface area (Å²) < 4.78 is 12.8. The molecule has 0 aliphatic carbocycles. The van der Waals surface area contributed by atoms with Crippen molar-refractivity contribution < 1.29 is 9.18 Å². The first-order chi connectivity index (χ1) is 10.9. The first kappa shape index (κ1) is 16.9. The molecule has 1 amide bonds. The zero-order valence-electron chi connectivity index (χ0n) is 13.6. The van der Waals surface area contributed by atoms with Crippen molar-refractivity contribution in [2.45, 2.75) is 33.2 Å². The standard InChI is InChI=1S/C17H21FN4O/c1-11(2)20-16-10-15(21-12(3)22-16)17(23)19-9-8-13-4-6-14(18)7-5-13/h4-7,10-11H,8-9H2,1-3H3,(H,19,23)(H,20,21,22). The number of aryl methyl sites for hydroxylation is 1. The molecule has 0 unspecified atom stereocenters. The van der Waals surface area contributed by atoms with Crippen molar-refractivity contribution in [2.24, 2.45) is 0 Å². The molecule has 0 atom stereocenters. The number of anilines is 1. The first-order valence-corrected chi connectivity index (χ1v) is 7.59. The Morgan fingerprint density at radius 1 is 1.22 bits per heavy atom. The van der Waals surface area contributed by atoms with Gasteiger partial charge in [0.1, 0.15) is 23.2 Å². The monoisotopic (exact) mass is 316 g/mol. The van der Waals surface area contributed by atoms with Crippen LogP contribution in [0.15, 0.2) is 30.3 Å². The van der Waals surface area contributed by atoms with E-state index in [0.717, 1.165) is 5.56 Å². The first-order valence-electron chi connectivity index (χ1n) is 7.59. The number of halogens is 1. The van der Waals surface area contributed by atoms with E-state index in [9.17, 15) is 9.18 Å². The Hall–Kier alpha value is -2.50. The second-order valence-electron chi connectivity index (χ2n) is 5.62. The highest BCUT2D eigenvalue weighted by Crippen LogP contribution is 2.08. The third-order valence-corrected chi connectivity index (χ3v) is 3.12. The molecule has 0 spiro atoms. The van der Waals surface area contributed by atoms with Crippen LogP contribution in [0, 0.1) is 12.7 Å². The summed E-state index contributed by atoms with van der Waals surface area (Å²) in [4.78, 5) is 20.6. The minimum Gasteiger partial charge on any atom is -0.368 e. The van der Waals surface area contributed by atoms with Gasteiger partial charge in [-0.1, -0.05) is 12.1 Å². The lowest BCUT2D eigenvalue weighted by Crippen LogP contribution is -2.27. The number of nitrogens with zero attached hydrogens (tertiary/aromatic N) is 2. The van der Waals surface area contributed by atoms with Gasteiger partial charge in [0.05, 0.1) is 0 Å². The third kappa shape index (κ3) is 5.32. The van der Waals surface area contributed by atoms with Crippen LogP contribution in [0.3, 0.4) is 0 Å². The maximum Gasteiger partial charge on any atom is 0.270 e. The molecule has 6 heteroatoms. The number of hydrogen-bond donors (Lipinski definition) is 2. The molecule has 1 aromatic heterocycles. The summed E-state index contributed by atoms with van der Waals surface area (Å²) in [7, 11) is 0. The topological polar surface area (TPSA) is 66.9 Å². The molecule has 122 valence electrons. The lowest BCUT2D eigenvalue weighted by atomic mass is 10.1. The van der Waals surface area contributed by atoms with E-state index in [1.807, 2.05) is 13.8 Å². The molecule has 0 fully saturated rings. The molecular formula is C17H21FN4O. The molecule has 23 heavy (non-hydrogen) atoms. The van der Waals surface area contributed by atoms with Crippen molar-refractivity contribution in [1.29, 1.82) is 0 Å². The minimum atomic E-state index is -0.264. The normalized spacial score (nSPS) is 10.7. The number of nitrogens with one attached hydrogen (secondary N) is 2. The van der Waals surface area contributed by atoms with Crippen LogP contribution in [0.4, 0.5) is 10.2 Å². The van der Waals surface area contributed by atoms with Crippen molar-refractivity contribution in [3.8, 4) is 0 Å². The van der Waals surface area contributed by atoms with E-state index in [2.05, 4.69) is 20.6 Å². The van der Waals surface area contributed by atoms with E-state index in [1.165, 1.54) is 12.1 Å². The number of rotatable bonds is 6. The summed E-state index contributed by atoms with van der Waals surface area (Å²) in [6.07, 6.45) is 0.632. The number of benzene rings is 1. The number of hydrogen-bond acceptors (Lipinski definition) is 4. The molecule has 2 N–H and O–H groups in total. The highest BCUT2D eigenvalue weighted by Gasteiger charge is 2.10. The van der Waals surface area contributed by atoms with Crippen LogP contribution in [-0.2, 0) is 6.42 Å². The van der Waals surface area contributed by atoms with E-state index >= 15 is 0 Å². The fourth-order valence-electron chi connectivity index (χ4n) is 2.12. The molecule has 0 saturated heterocycles. The van der Waals surface area contributed by atoms with Crippen molar-refractivity contribution in [3.05, 3.63) is 53.2 Å². The van der Waals surface area contributed by atoms with Crippen LogP contribution in [0.5, 0.6) is 0 Å². The molecule has 0 bridgehead atoms. The van der Waals surface area contributed by atoms with Gasteiger partial charge in [-0.3, -0.25) is 4.79 Å². The molecule has 1 aromatic carbocycles. The van der Waals surface area contributed by atoms with Crippen LogP contribution < -0.4 is 10.6 Å². The largest absolute Gasteiger partial charge is 0.368 e. The lowest BCUT2D eigenvalue weighted by Gasteiger charge is -2.11. The third-order valence-electron chi connectivity index (χ3n) is 3.12. The second kappa shape index (κ2) is 7.67. The van der Waals surface area contributed by atoms with E-state index in [1.54, 1.807) is 25.1 Å². The van der Waals surface area contributed by atoms with Gasteiger partial charge in [0.15, 0.2) is 0 Å². The van der Waals surface area contributed by atoms with Gasteiger partial charge in [-0.2, -0.15) is 0 Å². The van der Waals surface area contributed by atoms with E-state index in [4.69, 9.17) is 0 Å². The Morgan fingerprint density at radius 3 is 2.57 bits per heavy atom. The summed E-state index contributed by atoms with van der Waals surface area (Å²) in [5, 5.41) is 5.98. The Morgan fingerprint density at radius 2 is 1.91 bits per heavy atom. The predicted octanol–water partition coefficient (Wildman–Crippen LogP) is 2.72. The molecule has 5 nitrogen and oxygen atoms in total. The number of amides is 1. The Bertz CT molecular complexity index is 671. The van der Waals surface area contributed by atoms with Crippen molar-refractivity contribution in [3.63, 3.8) is 0 Å². The molecule has 0 aliphatic heterocycles. The number of carbonyl (C=O) groups excluding carboxylic acids is 1. The molecule has 0 saturated carbocycles. The van der Waals surface area contributed by atoms with Crippen molar-refractivity contribution in [2.75, 3.05) is 11.9 Å². The smallest absolute Gasteiger partial charge is 0.270 e. The highest BCUT2D eigenvalue weighted by molar-refractivity contribution is 5.92. The van der Waals surface area contributed by atoms with Gasteiger partial charge in [-0.25, -0.2) is 14.4 Å². The van der Waals surface area contributed by atoms with Gasteiger partial charge in [-0.05, 0) is 44.9 Å². The van der Waals surface area contributed by atoms with E-state index in [-0.39, 0.29) is 17.8 Å². The fourth-order valence-corrected chi connectivity index (χ4v) is 2.12. The van der Waals surface area contributed by atoms with Crippen molar-refractivity contribution >= 4 is 11.7 Å². The van der Waals surface area contributed by atoms with Crippen LogP contribution in [0.25, 0.3) is 0 Å². The molecule has 0 aliphatic rings. The Kier molecular flexibility index (Phi) is 5.62. The lowest BCUT2D eigenvalue weighted by molar-refractivity contribution is 0.0948. The number of aromatic nitrogens is 2. The summed E-state index contributed by atoms with van der Waals surface area (Å²) in [6, 6.07) is 8.10. The molecule has 2 rings (SSSR count). The fraction of sp³-hybridized carbons (Fsp3) is 0.353. The van der Waals surface area contributed by atoms with Gasteiger partial charge >= 0.3 is 0 Å².